The number of benzene rings is 1. The summed E-state index contributed by atoms with van der Waals surface area (Å²) in [7, 11) is 0. The minimum absolute atomic E-state index is 0.874. The molecular weight excluding hydrogens is 144 g/mol. The summed E-state index contributed by atoms with van der Waals surface area (Å²) in [6.07, 6.45) is 0. The van der Waals surface area contributed by atoms with Crippen molar-refractivity contribution in [1.82, 2.24) is 0 Å². The molecule has 0 aromatic heterocycles. The molecule has 0 N–H and O–H groups in total. The Labute approximate surface area is 73.2 Å². The third-order valence-corrected chi connectivity index (χ3v) is 1.43. The lowest BCUT2D eigenvalue weighted by Crippen LogP contribution is -1.71. The van der Waals surface area contributed by atoms with Gasteiger partial charge in [-0.3, -0.25) is 0 Å². The first-order valence-electron chi connectivity index (χ1n) is 3.76. The van der Waals surface area contributed by atoms with Gasteiger partial charge in [-0.15, -0.1) is 5.73 Å². The molecule has 0 unspecified atom stereocenters. The third-order valence-electron chi connectivity index (χ3n) is 1.43. The third kappa shape index (κ3) is 2.50. The van der Waals surface area contributed by atoms with E-state index in [0.29, 0.717) is 0 Å². The molecule has 0 saturated carbocycles. The molecule has 0 heteroatoms. The van der Waals surface area contributed by atoms with E-state index in [1.807, 2.05) is 37.3 Å². The summed E-state index contributed by atoms with van der Waals surface area (Å²) in [4.78, 5) is 0. The quantitative estimate of drug-likeness (QED) is 0.398. The van der Waals surface area contributed by atoms with Crippen LogP contribution in [-0.4, -0.2) is 0 Å². The summed E-state index contributed by atoms with van der Waals surface area (Å²) in [5.41, 5.74) is 4.62. The Morgan fingerprint density at radius 1 is 1.25 bits per heavy atom. The second kappa shape index (κ2) is 4.23. The zero-order chi connectivity index (χ0) is 8.81. The number of hydrogen-bond acceptors (Lipinski definition) is 0. The molecule has 0 aliphatic rings. The van der Waals surface area contributed by atoms with Crippen LogP contribution in [0.25, 0.3) is 0 Å². The predicted octanol–water partition coefficient (Wildman–Crippen LogP) is 2.77. The van der Waals surface area contributed by atoms with Gasteiger partial charge >= 0.3 is 0 Å². The fraction of sp³-hybridized carbons (Fsp3) is 0.0833. The van der Waals surface area contributed by atoms with Crippen LogP contribution in [0, 0.1) is 11.8 Å². The van der Waals surface area contributed by atoms with Gasteiger partial charge in [0.1, 0.15) is 0 Å². The van der Waals surface area contributed by atoms with Crippen molar-refractivity contribution in [2.75, 3.05) is 0 Å². The first kappa shape index (κ1) is 8.40. The van der Waals surface area contributed by atoms with Crippen LogP contribution in [0.3, 0.4) is 0 Å². The van der Waals surface area contributed by atoms with Crippen molar-refractivity contribution in [2.45, 2.75) is 6.92 Å². The van der Waals surface area contributed by atoms with E-state index in [4.69, 9.17) is 0 Å². The van der Waals surface area contributed by atoms with E-state index >= 15 is 0 Å². The Balaban J connectivity index is 2.88. The maximum atomic E-state index is 3.51. The second-order valence-corrected chi connectivity index (χ2v) is 2.42. The molecule has 0 aliphatic heterocycles. The number of hydrogen-bond donors (Lipinski definition) is 0. The van der Waals surface area contributed by atoms with Gasteiger partial charge in [0.15, 0.2) is 0 Å². The van der Waals surface area contributed by atoms with Gasteiger partial charge in [-0.05, 0) is 19.1 Å². The van der Waals surface area contributed by atoms with E-state index in [-0.39, 0.29) is 0 Å². The molecule has 12 heavy (non-hydrogen) atoms. The van der Waals surface area contributed by atoms with Crippen molar-refractivity contribution in [1.29, 1.82) is 0 Å². The molecule has 0 spiro atoms. The van der Waals surface area contributed by atoms with Gasteiger partial charge in [0.05, 0.1) is 0 Å². The van der Waals surface area contributed by atoms with Gasteiger partial charge in [-0.25, -0.2) is 0 Å². The van der Waals surface area contributed by atoms with E-state index in [1.165, 1.54) is 0 Å². The molecule has 1 aromatic rings. The van der Waals surface area contributed by atoms with E-state index in [1.54, 1.807) is 0 Å². The molecule has 0 atom stereocenters. The van der Waals surface area contributed by atoms with E-state index in [2.05, 4.69) is 24.2 Å². The highest BCUT2D eigenvalue weighted by molar-refractivity contribution is 5.39. The lowest BCUT2D eigenvalue weighted by atomic mass is 10.2. The van der Waals surface area contributed by atoms with Gasteiger partial charge in [-0.2, -0.15) is 0 Å². The van der Waals surface area contributed by atoms with Crippen LogP contribution >= 0.6 is 0 Å². The van der Waals surface area contributed by atoms with Crippen molar-refractivity contribution < 1.29 is 0 Å². The molecule has 0 aliphatic carbocycles. The molecule has 0 saturated heterocycles. The normalized spacial score (nSPS) is 7.75. The van der Waals surface area contributed by atoms with Gasteiger partial charge in [0, 0.05) is 11.1 Å². The predicted molar refractivity (Wildman–Crippen MR) is 51.6 cm³/mol. The molecule has 0 fully saturated rings. The minimum atomic E-state index is 0.874. The summed E-state index contributed by atoms with van der Waals surface area (Å²) >= 11 is 0. The van der Waals surface area contributed by atoms with Crippen LogP contribution in [0.15, 0.2) is 48.2 Å². The average molecular weight is 154 g/mol. The fourth-order valence-corrected chi connectivity index (χ4v) is 0.732. The summed E-state index contributed by atoms with van der Waals surface area (Å²) < 4.78 is 0. The molecule has 0 amide bonds. The Bertz CT molecular complexity index is 354. The highest BCUT2D eigenvalue weighted by Crippen LogP contribution is 1.95. The SMILES string of the molecule is C=C=C(C)C#Cc1ccccc1. The highest BCUT2D eigenvalue weighted by Gasteiger charge is 1.80. The lowest BCUT2D eigenvalue weighted by molar-refractivity contribution is 1.59. The van der Waals surface area contributed by atoms with Crippen LogP contribution in [-0.2, 0) is 0 Å². The Morgan fingerprint density at radius 2 is 1.92 bits per heavy atom. The van der Waals surface area contributed by atoms with Crippen molar-refractivity contribution in [2.24, 2.45) is 0 Å². The van der Waals surface area contributed by atoms with E-state index in [9.17, 15) is 0 Å². The van der Waals surface area contributed by atoms with Gasteiger partial charge in [0.25, 0.3) is 0 Å². The van der Waals surface area contributed by atoms with Gasteiger partial charge in [0.2, 0.25) is 0 Å². The van der Waals surface area contributed by atoms with Crippen LogP contribution in [0.1, 0.15) is 12.5 Å². The first-order chi connectivity index (χ1) is 5.83. The topological polar surface area (TPSA) is 0 Å². The highest BCUT2D eigenvalue weighted by atomic mass is 13.8. The molecule has 0 heterocycles. The zero-order valence-electron chi connectivity index (χ0n) is 7.09. The Hall–Kier alpha value is -1.70. The molecule has 0 bridgehead atoms. The Morgan fingerprint density at radius 3 is 2.50 bits per heavy atom. The van der Waals surface area contributed by atoms with Crippen LogP contribution in [0.2, 0.25) is 0 Å². The van der Waals surface area contributed by atoms with Crippen molar-refractivity contribution in [3.8, 4) is 11.8 Å². The van der Waals surface area contributed by atoms with Crippen LogP contribution in [0.5, 0.6) is 0 Å². The maximum Gasteiger partial charge on any atom is 0.0404 e. The van der Waals surface area contributed by atoms with Crippen LogP contribution < -0.4 is 0 Å². The summed E-state index contributed by atoms with van der Waals surface area (Å²) in [6, 6.07) is 9.86. The number of rotatable bonds is 0. The van der Waals surface area contributed by atoms with Crippen molar-refractivity contribution in [3.63, 3.8) is 0 Å². The van der Waals surface area contributed by atoms with Gasteiger partial charge < -0.3 is 0 Å². The monoisotopic (exact) mass is 154 g/mol. The lowest BCUT2D eigenvalue weighted by Gasteiger charge is -1.85. The van der Waals surface area contributed by atoms with Crippen molar-refractivity contribution >= 4 is 0 Å². The van der Waals surface area contributed by atoms with Crippen LogP contribution in [0.4, 0.5) is 0 Å². The van der Waals surface area contributed by atoms with Crippen molar-refractivity contribution in [3.05, 3.63) is 53.8 Å². The van der Waals surface area contributed by atoms with E-state index < -0.39 is 0 Å². The minimum Gasteiger partial charge on any atom is -0.116 e. The van der Waals surface area contributed by atoms with E-state index in [0.717, 1.165) is 11.1 Å². The smallest absolute Gasteiger partial charge is 0.0404 e. The average Bonchev–Trinajstić information content (AvgIpc) is 2.16. The molecule has 1 rings (SSSR count). The molecule has 58 valence electrons. The second-order valence-electron chi connectivity index (χ2n) is 2.42. The summed E-state index contributed by atoms with van der Waals surface area (Å²) in [5.74, 6) is 5.95. The van der Waals surface area contributed by atoms with Gasteiger partial charge in [-0.1, -0.05) is 36.6 Å². The molecule has 1 aromatic carbocycles. The largest absolute Gasteiger partial charge is 0.116 e. The first-order valence-corrected chi connectivity index (χ1v) is 3.76. The number of allylic oxidation sites excluding steroid dienone is 1. The fourth-order valence-electron chi connectivity index (χ4n) is 0.732. The zero-order valence-corrected chi connectivity index (χ0v) is 7.09. The molecular formula is C12H10. The standard InChI is InChI=1S/C12H10/c1-3-11(2)9-10-12-7-5-4-6-8-12/h4-8H,1H2,2H3. The molecule has 0 radical (unpaired) electrons. The summed E-state index contributed by atoms with van der Waals surface area (Å²) in [5, 5.41) is 0. The Kier molecular flexibility index (Phi) is 2.96. The summed E-state index contributed by atoms with van der Waals surface area (Å²) in [6.45, 7) is 5.40. The maximum absolute atomic E-state index is 3.51. The molecule has 0 nitrogen and oxygen atoms in total.